The number of ether oxygens (including phenoxy) is 3. The van der Waals surface area contributed by atoms with Crippen LogP contribution in [-0.4, -0.2) is 19.0 Å². The molecule has 0 aromatic heterocycles. The number of esters is 1. The maximum Gasteiger partial charge on any atom is 0.363 e. The van der Waals surface area contributed by atoms with E-state index < -0.39 is 5.97 Å². The van der Waals surface area contributed by atoms with Crippen molar-refractivity contribution >= 4 is 63.1 Å². The molecule has 168 valence electrons. The van der Waals surface area contributed by atoms with Crippen LogP contribution in [0.5, 0.6) is 11.5 Å². The van der Waals surface area contributed by atoms with E-state index in [1.165, 1.54) is 5.56 Å². The van der Waals surface area contributed by atoms with E-state index in [9.17, 15) is 4.79 Å². The molecule has 1 aliphatic rings. The number of carbonyl (C=O) groups excluding carboxylic acids is 1. The first-order valence-electron chi connectivity index (χ1n) is 10.2. The van der Waals surface area contributed by atoms with Crippen molar-refractivity contribution in [2.75, 3.05) is 7.11 Å². The molecule has 7 heteroatoms. The number of aliphatic imine (C=N–C) groups is 1. The van der Waals surface area contributed by atoms with Crippen molar-refractivity contribution in [3.05, 3.63) is 95.3 Å². The molecule has 0 unspecified atom stereocenters. The molecule has 1 aliphatic heterocycles. The van der Waals surface area contributed by atoms with Crippen molar-refractivity contribution < 1.29 is 19.0 Å². The lowest BCUT2D eigenvalue weighted by atomic mass is 10.1. The summed E-state index contributed by atoms with van der Waals surface area (Å²) in [5.74, 6) is 1.08. The van der Waals surface area contributed by atoms with Gasteiger partial charge in [0.2, 0.25) is 5.90 Å². The van der Waals surface area contributed by atoms with Gasteiger partial charge in [-0.25, -0.2) is 9.79 Å². The van der Waals surface area contributed by atoms with Gasteiger partial charge in [-0.2, -0.15) is 0 Å². The first-order chi connectivity index (χ1) is 15.8. The van der Waals surface area contributed by atoms with Gasteiger partial charge in [0.05, 0.1) is 10.7 Å². The number of hydrogen-bond acceptors (Lipinski definition) is 5. The normalized spacial score (nSPS) is 14.3. The first kappa shape index (κ1) is 23.7. The molecule has 0 saturated carbocycles. The summed E-state index contributed by atoms with van der Waals surface area (Å²) in [7, 11) is 1.60. The average Bonchev–Trinajstić information content (AvgIpc) is 3.14. The summed E-state index contributed by atoms with van der Waals surface area (Å²) in [6, 6.07) is 17.8. The third kappa shape index (κ3) is 5.57. The number of carbonyl (C=O) groups is 1. The molecule has 0 spiro atoms. The van der Waals surface area contributed by atoms with E-state index >= 15 is 0 Å². The molecule has 0 bridgehead atoms. The maximum absolute atomic E-state index is 12.4. The topological polar surface area (TPSA) is 57.1 Å². The maximum atomic E-state index is 12.4. The molecule has 3 aromatic rings. The van der Waals surface area contributed by atoms with Crippen LogP contribution < -0.4 is 9.47 Å². The minimum atomic E-state index is -0.477. The Kier molecular flexibility index (Phi) is 7.38. The number of methoxy groups -OCH3 is 1. The third-order valence-electron chi connectivity index (χ3n) is 5.05. The summed E-state index contributed by atoms with van der Waals surface area (Å²) < 4.78 is 19.1. The molecule has 0 radical (unpaired) electrons. The Morgan fingerprint density at radius 1 is 1.03 bits per heavy atom. The molecule has 0 amide bonds. The zero-order valence-electron chi connectivity index (χ0n) is 18.3. The van der Waals surface area contributed by atoms with E-state index in [0.717, 1.165) is 29.4 Å². The Labute approximate surface area is 220 Å². The Hall–Kier alpha value is -2.40. The second-order valence-corrected chi connectivity index (χ2v) is 9.94. The lowest BCUT2D eigenvalue weighted by Crippen LogP contribution is -2.05. The predicted octanol–water partition coefficient (Wildman–Crippen LogP) is 6.44. The second-order valence-electron chi connectivity index (χ2n) is 7.61. The highest BCUT2D eigenvalue weighted by molar-refractivity contribution is 14.1. The number of benzene rings is 3. The van der Waals surface area contributed by atoms with Gasteiger partial charge in [-0.3, -0.25) is 0 Å². The van der Waals surface area contributed by atoms with Gasteiger partial charge in [0.15, 0.2) is 17.2 Å². The molecule has 0 atom stereocenters. The molecule has 0 fully saturated rings. The lowest BCUT2D eigenvalue weighted by molar-refractivity contribution is -0.129. The van der Waals surface area contributed by atoms with Crippen LogP contribution in [0.1, 0.15) is 27.8 Å². The highest BCUT2D eigenvalue weighted by Gasteiger charge is 2.25. The van der Waals surface area contributed by atoms with Crippen molar-refractivity contribution in [3.8, 4) is 11.5 Å². The van der Waals surface area contributed by atoms with Crippen molar-refractivity contribution in [1.29, 1.82) is 0 Å². The fraction of sp³-hybridized carbons (Fsp3) is 0.154. The third-order valence-corrected chi connectivity index (χ3v) is 7.06. The van der Waals surface area contributed by atoms with Gasteiger partial charge < -0.3 is 14.2 Å². The predicted molar refractivity (Wildman–Crippen MR) is 146 cm³/mol. The molecule has 0 aliphatic carbocycles. The smallest absolute Gasteiger partial charge is 0.363 e. The van der Waals surface area contributed by atoms with Gasteiger partial charge >= 0.3 is 5.97 Å². The summed E-state index contributed by atoms with van der Waals surface area (Å²) in [5.41, 5.74) is 5.16. The van der Waals surface area contributed by atoms with Crippen LogP contribution in [-0.2, 0) is 16.1 Å². The van der Waals surface area contributed by atoms with E-state index in [-0.39, 0.29) is 5.70 Å². The largest absolute Gasteiger partial charge is 0.493 e. The van der Waals surface area contributed by atoms with Crippen molar-refractivity contribution in [2.45, 2.75) is 20.5 Å². The minimum Gasteiger partial charge on any atom is -0.493 e. The van der Waals surface area contributed by atoms with E-state index in [4.69, 9.17) is 14.2 Å². The fourth-order valence-electron chi connectivity index (χ4n) is 3.39. The quantitative estimate of drug-likeness (QED) is 0.173. The van der Waals surface area contributed by atoms with Gasteiger partial charge in [0.1, 0.15) is 6.61 Å². The van der Waals surface area contributed by atoms with E-state index in [2.05, 4.69) is 69.2 Å². The summed E-state index contributed by atoms with van der Waals surface area (Å²) in [6.45, 7) is 4.50. The number of halogens is 2. The standard InChI is InChI=1S/C26H21I2NO4/c1-15-5-4-6-17(9-15)14-32-24-21(28)11-18(13-23(24)31-3)12-22-26(30)33-25(29-22)19-7-8-20(27)16(2)10-19/h4-13H,14H2,1-3H3/b22-12-. The zero-order chi connectivity index (χ0) is 23.5. The number of aryl methyl sites for hydroxylation is 2. The molecule has 33 heavy (non-hydrogen) atoms. The minimum absolute atomic E-state index is 0.243. The highest BCUT2D eigenvalue weighted by Crippen LogP contribution is 2.35. The molecular formula is C26H21I2NO4. The lowest BCUT2D eigenvalue weighted by Gasteiger charge is -2.14. The van der Waals surface area contributed by atoms with Crippen LogP contribution in [0.2, 0.25) is 0 Å². The Morgan fingerprint density at radius 2 is 1.85 bits per heavy atom. The summed E-state index contributed by atoms with van der Waals surface area (Å²) in [4.78, 5) is 16.9. The molecule has 5 nitrogen and oxygen atoms in total. The van der Waals surface area contributed by atoms with Gasteiger partial charge in [-0.05, 0) is 112 Å². The molecule has 4 rings (SSSR count). The second kappa shape index (κ2) is 10.3. The Balaban J connectivity index is 1.59. The van der Waals surface area contributed by atoms with Crippen LogP contribution in [0.15, 0.2) is 65.3 Å². The first-order valence-corrected chi connectivity index (χ1v) is 12.3. The van der Waals surface area contributed by atoms with Gasteiger partial charge in [0, 0.05) is 9.13 Å². The van der Waals surface area contributed by atoms with Crippen LogP contribution in [0.25, 0.3) is 6.08 Å². The zero-order valence-corrected chi connectivity index (χ0v) is 22.6. The number of hydrogen-bond donors (Lipinski definition) is 0. The molecule has 1 heterocycles. The molecule has 0 saturated heterocycles. The molecule has 3 aromatic carbocycles. The van der Waals surface area contributed by atoms with E-state index in [0.29, 0.717) is 24.0 Å². The van der Waals surface area contributed by atoms with Crippen LogP contribution >= 0.6 is 45.2 Å². The summed E-state index contributed by atoms with van der Waals surface area (Å²) in [6.07, 6.45) is 1.70. The molecule has 0 N–H and O–H groups in total. The van der Waals surface area contributed by atoms with Crippen molar-refractivity contribution in [2.24, 2.45) is 4.99 Å². The van der Waals surface area contributed by atoms with Crippen LogP contribution in [0, 0.1) is 21.0 Å². The average molecular weight is 665 g/mol. The summed E-state index contributed by atoms with van der Waals surface area (Å²) >= 11 is 4.48. The van der Waals surface area contributed by atoms with Crippen molar-refractivity contribution in [1.82, 2.24) is 0 Å². The monoisotopic (exact) mass is 665 g/mol. The van der Waals surface area contributed by atoms with Crippen LogP contribution in [0.3, 0.4) is 0 Å². The number of rotatable bonds is 6. The number of nitrogens with zero attached hydrogens (tertiary/aromatic N) is 1. The molecular weight excluding hydrogens is 644 g/mol. The van der Waals surface area contributed by atoms with Crippen LogP contribution in [0.4, 0.5) is 0 Å². The van der Waals surface area contributed by atoms with E-state index in [1.807, 2.05) is 49.4 Å². The Morgan fingerprint density at radius 3 is 2.58 bits per heavy atom. The van der Waals surface area contributed by atoms with Gasteiger partial charge in [0.25, 0.3) is 0 Å². The fourth-order valence-corrected chi connectivity index (χ4v) is 4.51. The van der Waals surface area contributed by atoms with Crippen molar-refractivity contribution in [3.63, 3.8) is 0 Å². The van der Waals surface area contributed by atoms with E-state index in [1.54, 1.807) is 13.2 Å². The highest BCUT2D eigenvalue weighted by atomic mass is 127. The SMILES string of the molecule is COc1cc(/C=C2\N=C(c3ccc(I)c(C)c3)OC2=O)cc(I)c1OCc1cccc(C)c1. The number of cyclic esters (lactones) is 1. The Bertz CT molecular complexity index is 1300. The van der Waals surface area contributed by atoms with Gasteiger partial charge in [-0.1, -0.05) is 29.8 Å². The van der Waals surface area contributed by atoms with Gasteiger partial charge in [-0.15, -0.1) is 0 Å². The summed E-state index contributed by atoms with van der Waals surface area (Å²) in [5, 5.41) is 0.